The number of benzene rings is 2. The summed E-state index contributed by atoms with van der Waals surface area (Å²) in [6.45, 7) is 0. The van der Waals surface area contributed by atoms with Crippen LogP contribution in [0.4, 0.5) is 0 Å². The fourth-order valence-electron chi connectivity index (χ4n) is 2.03. The van der Waals surface area contributed by atoms with Gasteiger partial charge in [-0.25, -0.2) is 0 Å². The van der Waals surface area contributed by atoms with Crippen molar-refractivity contribution in [3.8, 4) is 11.5 Å². The quantitative estimate of drug-likeness (QED) is 0.324. The smallest absolute Gasteiger partial charge is 0.197 e. The topological polar surface area (TPSA) is 140 Å². The van der Waals surface area contributed by atoms with Gasteiger partial charge in [0, 0.05) is 11.1 Å². The zero-order valence-corrected chi connectivity index (χ0v) is 14.9. The van der Waals surface area contributed by atoms with Crippen molar-refractivity contribution >= 4 is 45.0 Å². The largest absolute Gasteiger partial charge is 0.457 e. The van der Waals surface area contributed by atoms with Gasteiger partial charge < -0.3 is 25.6 Å². The first-order chi connectivity index (χ1) is 13.0. The van der Waals surface area contributed by atoms with Gasteiger partial charge in [0.2, 0.25) is 0 Å². The molecule has 4 N–H and O–H groups in total. The van der Waals surface area contributed by atoms with E-state index in [1.807, 2.05) is 0 Å². The van der Waals surface area contributed by atoms with Crippen molar-refractivity contribution in [1.82, 2.24) is 0 Å². The molecule has 2 aromatic carbocycles. The van der Waals surface area contributed by atoms with Gasteiger partial charge in [0.1, 0.15) is 11.5 Å². The molecule has 0 aromatic heterocycles. The Kier molecular flexibility index (Phi) is 6.98. The average molecular weight is 411 g/mol. The number of rotatable bonds is 6. The molecule has 2 aromatic rings. The third-order valence-corrected chi connectivity index (χ3v) is 3.77. The van der Waals surface area contributed by atoms with Crippen LogP contribution in [-0.2, 0) is 0 Å². The molecular weight excluding hydrogens is 399 g/mol. The van der Waals surface area contributed by atoms with Crippen molar-refractivity contribution in [2.75, 3.05) is 0 Å². The molecule has 0 aliphatic heterocycles. The van der Waals surface area contributed by atoms with Gasteiger partial charge in [0.25, 0.3) is 0 Å². The summed E-state index contributed by atoms with van der Waals surface area (Å²) in [6, 6.07) is 12.6. The monoisotopic (exact) mass is 410 g/mol. The van der Waals surface area contributed by atoms with Gasteiger partial charge in [0.15, 0.2) is 21.8 Å². The third kappa shape index (κ3) is 4.87. The molecule has 2 rings (SSSR count). The van der Waals surface area contributed by atoms with Crippen LogP contribution < -0.4 is 4.74 Å². The summed E-state index contributed by atoms with van der Waals surface area (Å²) in [6.07, 6.45) is 0. The van der Waals surface area contributed by atoms with E-state index >= 15 is 0 Å². The Morgan fingerprint density at radius 1 is 0.593 bits per heavy atom. The molecule has 0 unspecified atom stereocenters. The van der Waals surface area contributed by atoms with E-state index in [1.54, 1.807) is 48.5 Å². The fraction of sp³-hybridized carbons (Fsp3) is 0. The zero-order chi connectivity index (χ0) is 19.8. The zero-order valence-electron chi connectivity index (χ0n) is 13.4. The molecule has 0 aliphatic carbocycles. The third-order valence-electron chi connectivity index (χ3n) is 3.26. The molecule has 9 nitrogen and oxygen atoms in total. The molecule has 0 atom stereocenters. The Morgan fingerprint density at radius 2 is 0.926 bits per heavy atom. The summed E-state index contributed by atoms with van der Waals surface area (Å²) in [5.41, 5.74) is 0.607. The molecule has 0 amide bonds. The molecule has 140 valence electrons. The lowest BCUT2D eigenvalue weighted by Crippen LogP contribution is -2.10. The molecule has 27 heavy (non-hydrogen) atoms. The number of oxime groups is 4. The Hall–Kier alpha value is -3.30. The number of hydrogen-bond donors (Lipinski definition) is 4. The van der Waals surface area contributed by atoms with E-state index in [9.17, 15) is 0 Å². The molecule has 11 heteroatoms. The summed E-state index contributed by atoms with van der Waals surface area (Å²) >= 11 is 11.3. The summed E-state index contributed by atoms with van der Waals surface area (Å²) in [5.74, 6) is 0.929. The van der Waals surface area contributed by atoms with Crippen molar-refractivity contribution in [2.45, 2.75) is 0 Å². The van der Waals surface area contributed by atoms with E-state index in [1.165, 1.54) is 0 Å². The SMILES string of the molecule is ON=C(Cl)C(=NO)c1ccc(Oc2ccc(C(=NO)C(Cl)=NO)cc2)cc1. The van der Waals surface area contributed by atoms with Gasteiger partial charge in [-0.3, -0.25) is 0 Å². The van der Waals surface area contributed by atoms with Crippen LogP contribution in [0.1, 0.15) is 11.1 Å². The normalized spacial score (nSPS) is 13.6. The first-order valence-corrected chi connectivity index (χ1v) is 7.88. The number of halogens is 2. The first kappa shape index (κ1) is 20.0. The second-order valence-corrected chi connectivity index (χ2v) is 5.55. The Bertz CT molecular complexity index is 834. The Labute approximate surface area is 162 Å². The lowest BCUT2D eigenvalue weighted by Gasteiger charge is -2.08. The highest BCUT2D eigenvalue weighted by molar-refractivity contribution is 6.86. The number of hydrogen-bond acceptors (Lipinski definition) is 9. The van der Waals surface area contributed by atoms with Crippen molar-refractivity contribution in [2.24, 2.45) is 20.6 Å². The average Bonchev–Trinajstić information content (AvgIpc) is 2.71. The van der Waals surface area contributed by atoms with Crippen LogP contribution in [0, 0.1) is 0 Å². The Balaban J connectivity index is 2.16. The van der Waals surface area contributed by atoms with Crippen LogP contribution in [-0.4, -0.2) is 42.6 Å². The van der Waals surface area contributed by atoms with Gasteiger partial charge in [-0.1, -0.05) is 43.8 Å². The van der Waals surface area contributed by atoms with Crippen molar-refractivity contribution < 1.29 is 25.6 Å². The standard InChI is InChI=1S/C16H12Cl2N4O5/c17-15(21-25)13(19-23)9-1-5-11(6-2-9)27-12-7-3-10(4-8-12)14(20-24)16(18)22-26/h1-8,23-26H. The summed E-state index contributed by atoms with van der Waals surface area (Å²) in [7, 11) is 0. The number of nitrogens with zero attached hydrogens (tertiary/aromatic N) is 4. The van der Waals surface area contributed by atoms with Gasteiger partial charge >= 0.3 is 0 Å². The molecular formula is C16H12Cl2N4O5. The van der Waals surface area contributed by atoms with E-state index in [0.717, 1.165) is 0 Å². The summed E-state index contributed by atoms with van der Waals surface area (Å²) in [4.78, 5) is 0. The molecule has 0 spiro atoms. The van der Waals surface area contributed by atoms with Crippen molar-refractivity contribution in [3.63, 3.8) is 0 Å². The van der Waals surface area contributed by atoms with Crippen LogP contribution in [0.25, 0.3) is 0 Å². The predicted molar refractivity (Wildman–Crippen MR) is 99.8 cm³/mol. The maximum absolute atomic E-state index is 8.95. The molecule has 0 saturated heterocycles. The van der Waals surface area contributed by atoms with Gasteiger partial charge in [0.05, 0.1) is 0 Å². The van der Waals surface area contributed by atoms with E-state index in [4.69, 9.17) is 48.8 Å². The summed E-state index contributed by atoms with van der Waals surface area (Å²) < 4.78 is 5.66. The minimum Gasteiger partial charge on any atom is -0.457 e. The van der Waals surface area contributed by atoms with Crippen molar-refractivity contribution in [1.29, 1.82) is 0 Å². The predicted octanol–water partition coefficient (Wildman–Crippen LogP) is 3.89. The van der Waals surface area contributed by atoms with Crippen LogP contribution in [0.15, 0.2) is 69.2 Å². The highest BCUT2D eigenvalue weighted by atomic mass is 35.5. The molecule has 0 radical (unpaired) electrons. The van der Waals surface area contributed by atoms with Gasteiger partial charge in [-0.2, -0.15) is 0 Å². The lowest BCUT2D eigenvalue weighted by molar-refractivity contribution is 0.315. The molecule has 0 fully saturated rings. The first-order valence-electron chi connectivity index (χ1n) is 7.12. The van der Waals surface area contributed by atoms with E-state index < -0.39 is 0 Å². The van der Waals surface area contributed by atoms with E-state index in [-0.39, 0.29) is 21.8 Å². The second kappa shape index (κ2) is 9.41. The molecule has 0 aliphatic rings. The minimum atomic E-state index is -0.367. The molecule has 0 saturated carbocycles. The van der Waals surface area contributed by atoms with Gasteiger partial charge in [-0.15, -0.1) is 0 Å². The van der Waals surface area contributed by atoms with E-state index in [2.05, 4.69) is 20.6 Å². The second-order valence-electron chi connectivity index (χ2n) is 4.83. The fourth-order valence-corrected chi connectivity index (χ4v) is 2.32. The van der Waals surface area contributed by atoms with Gasteiger partial charge in [-0.05, 0) is 48.5 Å². The Morgan fingerprint density at radius 3 is 1.19 bits per heavy atom. The highest BCUT2D eigenvalue weighted by Gasteiger charge is 2.13. The van der Waals surface area contributed by atoms with Crippen molar-refractivity contribution in [3.05, 3.63) is 59.7 Å². The van der Waals surface area contributed by atoms with Crippen LogP contribution in [0.2, 0.25) is 0 Å². The molecule has 0 heterocycles. The highest BCUT2D eigenvalue weighted by Crippen LogP contribution is 2.23. The lowest BCUT2D eigenvalue weighted by atomic mass is 10.1. The number of ether oxygens (including phenoxy) is 1. The molecule has 0 bridgehead atoms. The van der Waals surface area contributed by atoms with E-state index in [0.29, 0.717) is 22.6 Å². The van der Waals surface area contributed by atoms with Crippen LogP contribution in [0.5, 0.6) is 11.5 Å². The summed E-state index contributed by atoms with van der Waals surface area (Å²) in [5, 5.41) is 46.0. The maximum atomic E-state index is 8.95. The maximum Gasteiger partial charge on any atom is 0.197 e. The van der Waals surface area contributed by atoms with Crippen LogP contribution >= 0.6 is 23.2 Å². The van der Waals surface area contributed by atoms with Crippen LogP contribution in [0.3, 0.4) is 0 Å². The minimum absolute atomic E-state index is 0.103.